The first-order chi connectivity index (χ1) is 8.61. The number of aryl methyl sites for hydroxylation is 1. The summed E-state index contributed by atoms with van der Waals surface area (Å²) in [5.41, 5.74) is 7.79. The van der Waals surface area contributed by atoms with E-state index < -0.39 is 0 Å². The van der Waals surface area contributed by atoms with Crippen molar-refractivity contribution in [3.63, 3.8) is 0 Å². The van der Waals surface area contributed by atoms with Crippen LogP contribution in [0, 0.1) is 6.92 Å². The maximum atomic E-state index is 6.05. The second kappa shape index (κ2) is 5.83. The summed E-state index contributed by atoms with van der Waals surface area (Å²) in [5, 5.41) is 1.83. The van der Waals surface area contributed by atoms with Crippen LogP contribution in [0.5, 0.6) is 0 Å². The van der Waals surface area contributed by atoms with Gasteiger partial charge in [-0.05, 0) is 37.9 Å². The highest BCUT2D eigenvalue weighted by atomic mass is 35.5. The minimum atomic E-state index is 0.440. The van der Waals surface area contributed by atoms with Crippen molar-refractivity contribution in [1.29, 1.82) is 0 Å². The molecule has 18 heavy (non-hydrogen) atoms. The number of nitrogens with zero attached hydrogens (tertiary/aromatic N) is 1. The Hall–Kier alpha value is -0.900. The van der Waals surface area contributed by atoms with E-state index in [0.717, 1.165) is 27.7 Å². The molecule has 1 unspecified atom stereocenters. The fraction of sp³-hybridized carbons (Fsp3) is 0.357. The predicted molar refractivity (Wildman–Crippen MR) is 79.4 cm³/mol. The van der Waals surface area contributed by atoms with Gasteiger partial charge in [-0.1, -0.05) is 30.7 Å². The van der Waals surface area contributed by atoms with Crippen LogP contribution in [-0.4, -0.2) is 11.5 Å². The van der Waals surface area contributed by atoms with Crippen molar-refractivity contribution >= 4 is 22.9 Å². The van der Waals surface area contributed by atoms with E-state index in [0.29, 0.717) is 12.5 Å². The zero-order valence-electron chi connectivity index (χ0n) is 10.6. The third-order valence-electron chi connectivity index (χ3n) is 2.91. The van der Waals surface area contributed by atoms with E-state index in [9.17, 15) is 0 Å². The van der Waals surface area contributed by atoms with Crippen LogP contribution in [0.4, 0.5) is 0 Å². The largest absolute Gasteiger partial charge is 0.330 e. The van der Waals surface area contributed by atoms with Gasteiger partial charge in [-0.3, -0.25) is 0 Å². The lowest BCUT2D eigenvalue weighted by molar-refractivity contribution is 0.701. The first kappa shape index (κ1) is 13.5. The average Bonchev–Trinajstić information content (AvgIpc) is 2.72. The van der Waals surface area contributed by atoms with Crippen molar-refractivity contribution in [2.24, 2.45) is 5.73 Å². The van der Waals surface area contributed by atoms with E-state index in [1.54, 1.807) is 11.3 Å². The third kappa shape index (κ3) is 2.91. The summed E-state index contributed by atoms with van der Waals surface area (Å²) in [5.74, 6) is 0.440. The van der Waals surface area contributed by atoms with Crippen LogP contribution >= 0.6 is 22.9 Å². The molecule has 0 saturated carbocycles. The second-order valence-corrected chi connectivity index (χ2v) is 6.11. The monoisotopic (exact) mass is 280 g/mol. The summed E-state index contributed by atoms with van der Waals surface area (Å²) in [4.78, 5) is 5.95. The SMILES string of the molecule is Cc1nc(-c2cccc(Cl)c2)c(C(C)CCN)s1. The smallest absolute Gasteiger partial charge is 0.0904 e. The Balaban J connectivity index is 2.44. The summed E-state index contributed by atoms with van der Waals surface area (Å²) < 4.78 is 0. The molecule has 0 bridgehead atoms. The molecule has 0 amide bonds. The zero-order chi connectivity index (χ0) is 13.1. The number of aromatic nitrogens is 1. The first-order valence-electron chi connectivity index (χ1n) is 6.05. The lowest BCUT2D eigenvalue weighted by atomic mass is 10.0. The Morgan fingerprint density at radius 3 is 2.89 bits per heavy atom. The van der Waals surface area contributed by atoms with Crippen LogP contribution in [0.15, 0.2) is 24.3 Å². The molecule has 2 N–H and O–H groups in total. The highest BCUT2D eigenvalue weighted by Gasteiger charge is 2.16. The number of rotatable bonds is 4. The first-order valence-corrected chi connectivity index (χ1v) is 7.24. The summed E-state index contributed by atoms with van der Waals surface area (Å²) in [6, 6.07) is 7.87. The van der Waals surface area contributed by atoms with E-state index in [2.05, 4.69) is 18.0 Å². The molecule has 96 valence electrons. The van der Waals surface area contributed by atoms with Gasteiger partial charge in [0.2, 0.25) is 0 Å². The number of hydrogen-bond donors (Lipinski definition) is 1. The van der Waals surface area contributed by atoms with Gasteiger partial charge in [-0.15, -0.1) is 11.3 Å². The average molecular weight is 281 g/mol. The quantitative estimate of drug-likeness (QED) is 0.910. The van der Waals surface area contributed by atoms with E-state index in [4.69, 9.17) is 17.3 Å². The van der Waals surface area contributed by atoms with Crippen molar-refractivity contribution in [3.05, 3.63) is 39.2 Å². The van der Waals surface area contributed by atoms with Gasteiger partial charge in [-0.25, -0.2) is 4.98 Å². The molecule has 0 fully saturated rings. The van der Waals surface area contributed by atoms with Crippen molar-refractivity contribution in [2.75, 3.05) is 6.54 Å². The molecule has 0 aliphatic rings. The van der Waals surface area contributed by atoms with Gasteiger partial charge in [-0.2, -0.15) is 0 Å². The van der Waals surface area contributed by atoms with Crippen LogP contribution < -0.4 is 5.73 Å². The Bertz CT molecular complexity index is 536. The van der Waals surface area contributed by atoms with Crippen molar-refractivity contribution in [3.8, 4) is 11.3 Å². The normalized spacial score (nSPS) is 12.7. The zero-order valence-corrected chi connectivity index (χ0v) is 12.2. The van der Waals surface area contributed by atoms with Gasteiger partial charge in [0.25, 0.3) is 0 Å². The van der Waals surface area contributed by atoms with Crippen molar-refractivity contribution in [2.45, 2.75) is 26.2 Å². The predicted octanol–water partition coefficient (Wildman–Crippen LogP) is 4.22. The third-order valence-corrected chi connectivity index (χ3v) is 4.34. The minimum Gasteiger partial charge on any atom is -0.330 e. The number of nitrogens with two attached hydrogens (primary N) is 1. The van der Waals surface area contributed by atoms with Gasteiger partial charge < -0.3 is 5.73 Å². The van der Waals surface area contributed by atoms with Crippen LogP contribution in [0.2, 0.25) is 5.02 Å². The Kier molecular flexibility index (Phi) is 4.38. The molecule has 2 rings (SSSR count). The molecule has 2 aromatic rings. The maximum absolute atomic E-state index is 6.05. The van der Waals surface area contributed by atoms with E-state index in [1.807, 2.05) is 25.1 Å². The van der Waals surface area contributed by atoms with Gasteiger partial charge in [0, 0.05) is 15.5 Å². The number of halogens is 1. The van der Waals surface area contributed by atoms with Crippen LogP contribution in [-0.2, 0) is 0 Å². The Morgan fingerprint density at radius 2 is 2.22 bits per heavy atom. The van der Waals surface area contributed by atoms with E-state index in [1.165, 1.54) is 4.88 Å². The molecule has 0 spiro atoms. The van der Waals surface area contributed by atoms with Crippen molar-refractivity contribution < 1.29 is 0 Å². The molecule has 1 atom stereocenters. The maximum Gasteiger partial charge on any atom is 0.0904 e. The molecular formula is C14H17ClN2S. The molecule has 0 saturated heterocycles. The molecule has 1 heterocycles. The van der Waals surface area contributed by atoms with E-state index in [-0.39, 0.29) is 0 Å². The van der Waals surface area contributed by atoms with Crippen molar-refractivity contribution in [1.82, 2.24) is 4.98 Å². The molecular weight excluding hydrogens is 264 g/mol. The molecule has 4 heteroatoms. The van der Waals surface area contributed by atoms with Gasteiger partial charge in [0.05, 0.1) is 10.7 Å². The fourth-order valence-corrected chi connectivity index (χ4v) is 3.23. The standard InChI is InChI=1S/C14H17ClN2S/c1-9(6-7-16)14-13(17-10(2)18-14)11-4-3-5-12(15)8-11/h3-5,8-9H,6-7,16H2,1-2H3. The van der Waals surface area contributed by atoms with Gasteiger partial charge in [0.15, 0.2) is 0 Å². The minimum absolute atomic E-state index is 0.440. The van der Waals surface area contributed by atoms with Crippen LogP contribution in [0.3, 0.4) is 0 Å². The highest BCUT2D eigenvalue weighted by molar-refractivity contribution is 7.12. The summed E-state index contributed by atoms with van der Waals surface area (Å²) in [6.45, 7) is 4.94. The summed E-state index contributed by atoms with van der Waals surface area (Å²) in [6.07, 6.45) is 0.981. The number of hydrogen-bond acceptors (Lipinski definition) is 3. The lowest BCUT2D eigenvalue weighted by Crippen LogP contribution is -2.04. The Morgan fingerprint density at radius 1 is 1.44 bits per heavy atom. The van der Waals surface area contributed by atoms with Crippen LogP contribution in [0.25, 0.3) is 11.3 Å². The van der Waals surface area contributed by atoms with Gasteiger partial charge >= 0.3 is 0 Å². The fourth-order valence-electron chi connectivity index (χ4n) is 2.00. The number of thiazole rings is 1. The molecule has 0 radical (unpaired) electrons. The highest BCUT2D eigenvalue weighted by Crippen LogP contribution is 2.35. The van der Waals surface area contributed by atoms with E-state index >= 15 is 0 Å². The second-order valence-electron chi connectivity index (χ2n) is 4.43. The topological polar surface area (TPSA) is 38.9 Å². The molecule has 0 aliphatic heterocycles. The summed E-state index contributed by atoms with van der Waals surface area (Å²) in [7, 11) is 0. The summed E-state index contributed by atoms with van der Waals surface area (Å²) >= 11 is 7.80. The molecule has 2 nitrogen and oxygen atoms in total. The molecule has 0 aliphatic carbocycles. The van der Waals surface area contributed by atoms with Crippen LogP contribution in [0.1, 0.15) is 29.1 Å². The lowest BCUT2D eigenvalue weighted by Gasteiger charge is -2.10. The Labute approximate surface area is 117 Å². The van der Waals surface area contributed by atoms with Gasteiger partial charge in [0.1, 0.15) is 0 Å². The molecule has 1 aromatic heterocycles. The molecule has 1 aromatic carbocycles. The number of benzene rings is 1.